The van der Waals surface area contributed by atoms with Gasteiger partial charge in [0.1, 0.15) is 0 Å². The fraction of sp³-hybridized carbons (Fsp3) is 0.333. The smallest absolute Gasteiger partial charge is 0.264 e. The number of sulfonamides is 1. The van der Waals surface area contributed by atoms with Crippen molar-refractivity contribution in [3.8, 4) is 11.3 Å². The fourth-order valence-corrected chi connectivity index (χ4v) is 3.27. The van der Waals surface area contributed by atoms with Gasteiger partial charge in [-0.15, -0.1) is 0 Å². The Balaban J connectivity index is 2.35. The number of aromatic nitrogens is 1. The second kappa shape index (κ2) is 6.93. The summed E-state index contributed by atoms with van der Waals surface area (Å²) in [6.07, 6.45) is 0.0731. The third-order valence-corrected chi connectivity index (χ3v) is 5.09. The van der Waals surface area contributed by atoms with Gasteiger partial charge in [-0.2, -0.15) is 4.31 Å². The van der Waals surface area contributed by atoms with Gasteiger partial charge in [-0.25, -0.2) is 13.4 Å². The van der Waals surface area contributed by atoms with Gasteiger partial charge in [-0.1, -0.05) is 30.3 Å². The molecule has 0 radical (unpaired) electrons. The van der Waals surface area contributed by atoms with Crippen LogP contribution in [0, 0.1) is 6.92 Å². The van der Waals surface area contributed by atoms with Crippen molar-refractivity contribution < 1.29 is 17.6 Å². The van der Waals surface area contributed by atoms with E-state index in [0.717, 1.165) is 4.31 Å². The summed E-state index contributed by atoms with van der Waals surface area (Å²) in [5.74, 6) is 0.240. The van der Waals surface area contributed by atoms with E-state index in [9.17, 15) is 13.2 Å². The molecule has 1 aromatic heterocycles. The van der Waals surface area contributed by atoms with Crippen LogP contribution < -0.4 is 5.32 Å². The van der Waals surface area contributed by atoms with E-state index in [0.29, 0.717) is 5.56 Å². The van der Waals surface area contributed by atoms with E-state index in [1.165, 1.54) is 14.1 Å². The van der Waals surface area contributed by atoms with Gasteiger partial charge in [-0.05, 0) is 0 Å². The topological polar surface area (TPSA) is 92.5 Å². The predicted octanol–water partition coefficient (Wildman–Crippen LogP) is 1.41. The Morgan fingerprint density at radius 2 is 1.96 bits per heavy atom. The zero-order valence-electron chi connectivity index (χ0n) is 13.2. The lowest BCUT2D eigenvalue weighted by Crippen LogP contribution is -2.32. The Labute approximate surface area is 135 Å². The maximum absolute atomic E-state index is 12.7. The second-order valence-electron chi connectivity index (χ2n) is 4.98. The number of hydrogen-bond acceptors (Lipinski definition) is 5. The highest BCUT2D eigenvalue weighted by Gasteiger charge is 2.30. The average Bonchev–Trinajstić information content (AvgIpc) is 2.95. The molecule has 0 bridgehead atoms. The summed E-state index contributed by atoms with van der Waals surface area (Å²) >= 11 is 0. The molecule has 0 spiro atoms. The fourth-order valence-electron chi connectivity index (χ4n) is 2.01. The van der Waals surface area contributed by atoms with Crippen molar-refractivity contribution in [2.45, 2.75) is 18.4 Å². The third kappa shape index (κ3) is 3.77. The van der Waals surface area contributed by atoms with E-state index in [2.05, 4.69) is 10.3 Å². The van der Waals surface area contributed by atoms with Crippen LogP contribution in [0.15, 0.2) is 39.8 Å². The second-order valence-corrected chi connectivity index (χ2v) is 6.94. The Hall–Kier alpha value is -2.19. The Bertz CT molecular complexity index is 784. The molecule has 1 N–H and O–H groups in total. The number of hydrogen-bond donors (Lipinski definition) is 1. The number of amides is 1. The van der Waals surface area contributed by atoms with Crippen LogP contribution in [0.2, 0.25) is 0 Å². The molecule has 0 atom stereocenters. The summed E-state index contributed by atoms with van der Waals surface area (Å²) in [6.45, 7) is 1.65. The van der Waals surface area contributed by atoms with Crippen molar-refractivity contribution in [2.24, 2.45) is 0 Å². The molecule has 1 amide bonds. The van der Waals surface area contributed by atoms with Crippen LogP contribution in [-0.2, 0) is 14.8 Å². The number of nitrogens with zero attached hydrogens (tertiary/aromatic N) is 2. The molecule has 8 heteroatoms. The number of aryl methyl sites for hydroxylation is 1. The van der Waals surface area contributed by atoms with Crippen molar-refractivity contribution in [3.63, 3.8) is 0 Å². The minimum atomic E-state index is -3.85. The zero-order valence-corrected chi connectivity index (χ0v) is 14.1. The van der Waals surface area contributed by atoms with Gasteiger partial charge >= 0.3 is 0 Å². The molecular formula is C15H19N3O4S. The summed E-state index contributed by atoms with van der Waals surface area (Å²) in [6, 6.07) is 8.92. The highest BCUT2D eigenvalue weighted by molar-refractivity contribution is 7.89. The van der Waals surface area contributed by atoms with Crippen LogP contribution in [0.1, 0.15) is 12.3 Å². The number of rotatable bonds is 6. The Kier molecular flexibility index (Phi) is 5.17. The van der Waals surface area contributed by atoms with Crippen molar-refractivity contribution in [1.29, 1.82) is 0 Å². The monoisotopic (exact) mass is 337 g/mol. The molecule has 23 heavy (non-hydrogen) atoms. The first-order chi connectivity index (χ1) is 10.9. The van der Waals surface area contributed by atoms with E-state index in [-0.39, 0.29) is 35.5 Å². The maximum Gasteiger partial charge on any atom is 0.264 e. The van der Waals surface area contributed by atoms with Crippen LogP contribution in [0.3, 0.4) is 0 Å². The molecule has 124 valence electrons. The molecule has 0 aliphatic rings. The number of nitrogens with one attached hydrogen (secondary N) is 1. The Morgan fingerprint density at radius 3 is 2.57 bits per heavy atom. The number of carbonyl (C=O) groups excluding carboxylic acids is 1. The van der Waals surface area contributed by atoms with Gasteiger partial charge in [0, 0.05) is 39.5 Å². The molecule has 2 aromatic rings. The predicted molar refractivity (Wildman–Crippen MR) is 85.2 cm³/mol. The first-order valence-corrected chi connectivity index (χ1v) is 8.50. The largest absolute Gasteiger partial charge is 0.440 e. The molecule has 1 heterocycles. The maximum atomic E-state index is 12.7. The lowest BCUT2D eigenvalue weighted by molar-refractivity contribution is -0.120. The SMILES string of the molecule is CNC(=O)CCN(C)S(=O)(=O)c1nc(C)oc1-c1ccccc1. The highest BCUT2D eigenvalue weighted by atomic mass is 32.2. The van der Waals surface area contributed by atoms with Gasteiger partial charge < -0.3 is 9.73 Å². The number of carbonyl (C=O) groups is 1. The summed E-state index contributed by atoms with van der Waals surface area (Å²) < 4.78 is 32.0. The number of oxazole rings is 1. The quantitative estimate of drug-likeness (QED) is 0.860. The van der Waals surface area contributed by atoms with Gasteiger partial charge in [0.15, 0.2) is 11.7 Å². The van der Waals surface area contributed by atoms with Gasteiger partial charge in [0.05, 0.1) is 0 Å². The molecule has 0 aliphatic carbocycles. The zero-order chi connectivity index (χ0) is 17.0. The van der Waals surface area contributed by atoms with Gasteiger partial charge in [0.25, 0.3) is 10.0 Å². The summed E-state index contributed by atoms with van der Waals surface area (Å²) in [5, 5.41) is 2.32. The van der Waals surface area contributed by atoms with Crippen molar-refractivity contribution in [1.82, 2.24) is 14.6 Å². The van der Waals surface area contributed by atoms with E-state index < -0.39 is 10.0 Å². The van der Waals surface area contributed by atoms with E-state index in [1.54, 1.807) is 31.2 Å². The Morgan fingerprint density at radius 1 is 1.30 bits per heavy atom. The van der Waals surface area contributed by atoms with Crippen LogP contribution >= 0.6 is 0 Å². The lowest BCUT2D eigenvalue weighted by Gasteiger charge is -2.15. The number of benzene rings is 1. The molecule has 7 nitrogen and oxygen atoms in total. The molecule has 1 aromatic carbocycles. The highest BCUT2D eigenvalue weighted by Crippen LogP contribution is 2.29. The van der Waals surface area contributed by atoms with E-state index in [1.807, 2.05) is 6.07 Å². The van der Waals surface area contributed by atoms with Crippen molar-refractivity contribution >= 4 is 15.9 Å². The van der Waals surface area contributed by atoms with E-state index in [4.69, 9.17) is 4.42 Å². The first-order valence-electron chi connectivity index (χ1n) is 7.06. The van der Waals surface area contributed by atoms with E-state index >= 15 is 0 Å². The van der Waals surface area contributed by atoms with Gasteiger partial charge in [0.2, 0.25) is 10.9 Å². The summed E-state index contributed by atoms with van der Waals surface area (Å²) in [5.41, 5.74) is 0.631. The first kappa shape index (κ1) is 17.2. The third-order valence-electron chi connectivity index (χ3n) is 3.33. The summed E-state index contributed by atoms with van der Waals surface area (Å²) in [7, 11) is -0.933. The molecule has 0 aliphatic heterocycles. The molecule has 0 unspecified atom stereocenters. The molecular weight excluding hydrogens is 318 g/mol. The van der Waals surface area contributed by atoms with Crippen LogP contribution in [0.4, 0.5) is 0 Å². The molecule has 0 saturated heterocycles. The lowest BCUT2D eigenvalue weighted by atomic mass is 10.2. The average molecular weight is 337 g/mol. The van der Waals surface area contributed by atoms with Crippen LogP contribution in [-0.4, -0.2) is 44.3 Å². The normalized spacial score (nSPS) is 11.7. The van der Waals surface area contributed by atoms with Crippen molar-refractivity contribution in [2.75, 3.05) is 20.6 Å². The van der Waals surface area contributed by atoms with Gasteiger partial charge in [-0.3, -0.25) is 4.79 Å². The minimum absolute atomic E-state index is 0.0577. The van der Waals surface area contributed by atoms with Crippen LogP contribution in [0.25, 0.3) is 11.3 Å². The summed E-state index contributed by atoms with van der Waals surface area (Å²) in [4.78, 5) is 15.3. The minimum Gasteiger partial charge on any atom is -0.440 e. The molecule has 0 fully saturated rings. The molecule has 2 rings (SSSR count). The standard InChI is InChI=1S/C15H19N3O4S/c1-11-17-15(14(22-11)12-7-5-4-6-8-12)23(20,21)18(3)10-9-13(19)16-2/h4-8H,9-10H2,1-3H3,(H,16,19). The van der Waals surface area contributed by atoms with Crippen molar-refractivity contribution in [3.05, 3.63) is 36.2 Å². The van der Waals surface area contributed by atoms with Crippen LogP contribution in [0.5, 0.6) is 0 Å². The molecule has 0 saturated carbocycles.